The van der Waals surface area contributed by atoms with Crippen LogP contribution in [-0.4, -0.2) is 34.7 Å². The zero-order valence-corrected chi connectivity index (χ0v) is 17.3. The van der Waals surface area contributed by atoms with Crippen LogP contribution in [0.4, 0.5) is 16.5 Å². The van der Waals surface area contributed by atoms with Gasteiger partial charge in [-0.3, -0.25) is 14.9 Å². The molecule has 31 heavy (non-hydrogen) atoms. The summed E-state index contributed by atoms with van der Waals surface area (Å²) < 4.78 is 5.16. The molecule has 3 aromatic rings. The summed E-state index contributed by atoms with van der Waals surface area (Å²) >= 11 is 1.21. The summed E-state index contributed by atoms with van der Waals surface area (Å²) in [5.41, 5.74) is 2.12. The predicted molar refractivity (Wildman–Crippen MR) is 116 cm³/mol. The van der Waals surface area contributed by atoms with Crippen LogP contribution in [0.5, 0.6) is 5.75 Å². The Labute approximate surface area is 180 Å². The maximum atomic E-state index is 12.9. The van der Waals surface area contributed by atoms with Crippen molar-refractivity contribution >= 4 is 39.5 Å². The second-order valence-electron chi connectivity index (χ2n) is 6.53. The van der Waals surface area contributed by atoms with Crippen LogP contribution in [-0.2, 0) is 4.79 Å². The minimum Gasteiger partial charge on any atom is -0.497 e. The summed E-state index contributed by atoms with van der Waals surface area (Å²) in [6.45, 7) is 1.70. The number of hydrazone groups is 1. The lowest BCUT2D eigenvalue weighted by Gasteiger charge is -2.08. The molecule has 1 unspecified atom stereocenters. The number of amides is 1. The number of nitro groups is 1. The van der Waals surface area contributed by atoms with E-state index in [-0.39, 0.29) is 11.6 Å². The lowest BCUT2D eigenvalue weighted by molar-refractivity contribution is -0.384. The zero-order valence-electron chi connectivity index (χ0n) is 16.5. The van der Waals surface area contributed by atoms with E-state index in [0.29, 0.717) is 33.5 Å². The van der Waals surface area contributed by atoms with Crippen molar-refractivity contribution < 1.29 is 14.5 Å². The summed E-state index contributed by atoms with van der Waals surface area (Å²) in [7, 11) is 1.56. The molecular formula is C20H16N6O4S. The number of hydrogen-bond donors (Lipinski definition) is 0. The lowest BCUT2D eigenvalue weighted by atomic mass is 10.1. The minimum absolute atomic E-state index is 0.0313. The fourth-order valence-corrected chi connectivity index (χ4v) is 3.68. The highest BCUT2D eigenvalue weighted by Crippen LogP contribution is 2.32. The van der Waals surface area contributed by atoms with E-state index in [0.717, 1.165) is 0 Å². The Morgan fingerprint density at radius 2 is 2.03 bits per heavy atom. The molecule has 10 nitrogen and oxygen atoms in total. The summed E-state index contributed by atoms with van der Waals surface area (Å²) in [5.74, 6) is 0.266. The molecule has 11 heteroatoms. The monoisotopic (exact) mass is 436 g/mol. The Morgan fingerprint density at radius 3 is 2.81 bits per heavy atom. The Bertz CT molecular complexity index is 1220. The van der Waals surface area contributed by atoms with Crippen molar-refractivity contribution in [1.29, 1.82) is 0 Å². The predicted octanol–water partition coefficient (Wildman–Crippen LogP) is 4.60. The number of nitro benzene ring substituents is 1. The molecule has 0 N–H and O–H groups in total. The minimum atomic E-state index is -0.851. The quantitative estimate of drug-likeness (QED) is 0.317. The third-order valence-electron chi connectivity index (χ3n) is 4.46. The standard InChI is InChI=1S/C20H16N6O4S/c1-12-18(23-22-14-6-4-8-16(10-14)30-2)19(27)25(24-12)20-21-17(11-31-20)13-5-3-7-15(9-13)26(28)29/h3-11,18H,1-2H3. The molecule has 1 aliphatic rings. The molecule has 0 fully saturated rings. The average molecular weight is 436 g/mol. The Morgan fingerprint density at radius 1 is 1.23 bits per heavy atom. The van der Waals surface area contributed by atoms with Crippen molar-refractivity contribution in [3.8, 4) is 17.0 Å². The van der Waals surface area contributed by atoms with E-state index < -0.39 is 11.0 Å². The van der Waals surface area contributed by atoms with Gasteiger partial charge in [0.2, 0.25) is 5.13 Å². The number of carbonyl (C=O) groups excluding carboxylic acids is 1. The van der Waals surface area contributed by atoms with Crippen molar-refractivity contribution in [1.82, 2.24) is 4.98 Å². The van der Waals surface area contributed by atoms with E-state index in [1.54, 1.807) is 55.8 Å². The third kappa shape index (κ3) is 4.16. The Hall–Kier alpha value is -3.99. The molecule has 1 amide bonds. The van der Waals surface area contributed by atoms with Crippen LogP contribution in [0.1, 0.15) is 6.92 Å². The van der Waals surface area contributed by atoms with Crippen LogP contribution >= 0.6 is 11.3 Å². The van der Waals surface area contributed by atoms with Gasteiger partial charge in [0, 0.05) is 29.1 Å². The number of non-ortho nitro benzene ring substituents is 1. The molecular weight excluding hydrogens is 420 g/mol. The number of anilines is 1. The molecule has 0 saturated carbocycles. The number of carbonyl (C=O) groups is 1. The van der Waals surface area contributed by atoms with E-state index in [1.165, 1.54) is 28.5 Å². The lowest BCUT2D eigenvalue weighted by Crippen LogP contribution is -2.29. The zero-order chi connectivity index (χ0) is 22.0. The summed E-state index contributed by atoms with van der Waals surface area (Å²) in [4.78, 5) is 27.8. The topological polar surface area (TPSA) is 123 Å². The average Bonchev–Trinajstić information content (AvgIpc) is 3.37. The first-order valence-corrected chi connectivity index (χ1v) is 9.98. The van der Waals surface area contributed by atoms with Crippen molar-refractivity contribution in [3.05, 3.63) is 64.0 Å². The molecule has 2 aromatic carbocycles. The summed E-state index contributed by atoms with van der Waals surface area (Å²) in [6.07, 6.45) is 0. The number of rotatable bonds is 6. The van der Waals surface area contributed by atoms with Gasteiger partial charge in [-0.2, -0.15) is 20.3 Å². The van der Waals surface area contributed by atoms with Crippen LogP contribution in [0.15, 0.2) is 69.2 Å². The normalized spacial score (nSPS) is 16.1. The Kier molecular flexibility index (Phi) is 5.50. The van der Waals surface area contributed by atoms with Gasteiger partial charge in [0.25, 0.3) is 11.6 Å². The van der Waals surface area contributed by atoms with Crippen LogP contribution in [0.2, 0.25) is 0 Å². The van der Waals surface area contributed by atoms with Crippen LogP contribution in [0.3, 0.4) is 0 Å². The molecule has 0 bridgehead atoms. The smallest absolute Gasteiger partial charge is 0.282 e. The molecule has 0 radical (unpaired) electrons. The van der Waals surface area contributed by atoms with Gasteiger partial charge < -0.3 is 4.74 Å². The molecule has 2 heterocycles. The van der Waals surface area contributed by atoms with Crippen molar-refractivity contribution in [2.75, 3.05) is 12.1 Å². The fourth-order valence-electron chi connectivity index (χ4n) is 2.90. The number of aromatic nitrogens is 1. The number of nitrogens with zero attached hydrogens (tertiary/aromatic N) is 6. The van der Waals surface area contributed by atoms with E-state index in [4.69, 9.17) is 4.74 Å². The van der Waals surface area contributed by atoms with Crippen molar-refractivity contribution in [2.45, 2.75) is 13.0 Å². The summed E-state index contributed by atoms with van der Waals surface area (Å²) in [6, 6.07) is 12.3. The van der Waals surface area contributed by atoms with Gasteiger partial charge >= 0.3 is 0 Å². The van der Waals surface area contributed by atoms with Crippen LogP contribution in [0.25, 0.3) is 11.3 Å². The first-order valence-electron chi connectivity index (χ1n) is 9.10. The van der Waals surface area contributed by atoms with Crippen molar-refractivity contribution in [2.24, 2.45) is 15.3 Å². The highest BCUT2D eigenvalue weighted by Gasteiger charge is 2.36. The van der Waals surface area contributed by atoms with Gasteiger partial charge in [0.15, 0.2) is 6.04 Å². The van der Waals surface area contributed by atoms with Gasteiger partial charge in [-0.15, -0.1) is 11.3 Å². The highest BCUT2D eigenvalue weighted by molar-refractivity contribution is 7.14. The van der Waals surface area contributed by atoms with Gasteiger partial charge in [0.1, 0.15) is 5.75 Å². The third-order valence-corrected chi connectivity index (χ3v) is 5.28. The van der Waals surface area contributed by atoms with E-state index in [9.17, 15) is 14.9 Å². The SMILES string of the molecule is COc1cccc(N=NC2C(=O)N(c3nc(-c4cccc([N+](=O)[O-])c4)cs3)N=C2C)c1. The summed E-state index contributed by atoms with van der Waals surface area (Å²) in [5, 5.41) is 26.8. The maximum Gasteiger partial charge on any atom is 0.282 e. The molecule has 1 atom stereocenters. The van der Waals surface area contributed by atoms with Gasteiger partial charge in [-0.25, -0.2) is 4.98 Å². The fraction of sp³-hybridized carbons (Fsp3) is 0.150. The highest BCUT2D eigenvalue weighted by atomic mass is 32.1. The number of thiazole rings is 1. The first kappa shape index (κ1) is 20.3. The van der Waals surface area contributed by atoms with E-state index >= 15 is 0 Å². The van der Waals surface area contributed by atoms with Crippen LogP contribution in [0, 0.1) is 10.1 Å². The molecule has 1 aliphatic heterocycles. The molecule has 0 saturated heterocycles. The van der Waals surface area contributed by atoms with Crippen molar-refractivity contribution in [3.63, 3.8) is 0 Å². The van der Waals surface area contributed by atoms with E-state index in [1.807, 2.05) is 0 Å². The van der Waals surface area contributed by atoms with Gasteiger partial charge in [-0.1, -0.05) is 18.2 Å². The van der Waals surface area contributed by atoms with E-state index in [2.05, 4.69) is 20.3 Å². The number of ether oxygens (including phenoxy) is 1. The Balaban J connectivity index is 1.54. The van der Waals surface area contributed by atoms with Gasteiger partial charge in [0.05, 0.1) is 29.1 Å². The molecule has 0 spiro atoms. The second-order valence-corrected chi connectivity index (χ2v) is 7.37. The number of methoxy groups -OCH3 is 1. The molecule has 4 rings (SSSR count). The van der Waals surface area contributed by atoms with Gasteiger partial charge in [-0.05, 0) is 19.1 Å². The molecule has 0 aliphatic carbocycles. The second kappa shape index (κ2) is 8.40. The first-order chi connectivity index (χ1) is 15.0. The largest absolute Gasteiger partial charge is 0.497 e. The molecule has 1 aromatic heterocycles. The maximum absolute atomic E-state index is 12.9. The number of hydrogen-bond acceptors (Lipinski definition) is 9. The number of benzene rings is 2. The number of azo groups is 1. The van der Waals surface area contributed by atoms with Crippen LogP contribution < -0.4 is 9.75 Å². The molecule has 156 valence electrons.